The Morgan fingerprint density at radius 1 is 1.20 bits per heavy atom. The number of hydrogen-bond donors (Lipinski definition) is 2. The molecule has 0 aliphatic carbocycles. The Labute approximate surface area is 175 Å². The lowest BCUT2D eigenvalue weighted by Gasteiger charge is -2.33. The van der Waals surface area contributed by atoms with Gasteiger partial charge in [-0.05, 0) is 55.8 Å². The number of amidine groups is 1. The molecule has 0 amide bonds. The van der Waals surface area contributed by atoms with Crippen LogP contribution in [0.3, 0.4) is 0 Å². The summed E-state index contributed by atoms with van der Waals surface area (Å²) in [5, 5.41) is 12.4. The number of nitrogens with zero attached hydrogens (tertiary/aromatic N) is 2. The average Bonchev–Trinajstić information content (AvgIpc) is 3.13. The topological polar surface area (TPSA) is 74.2 Å². The van der Waals surface area contributed by atoms with Gasteiger partial charge in [0, 0.05) is 38.0 Å². The van der Waals surface area contributed by atoms with E-state index in [0.717, 1.165) is 55.1 Å². The maximum absolute atomic E-state index is 13.0. The minimum Gasteiger partial charge on any atom is -0.490 e. The van der Waals surface area contributed by atoms with E-state index in [0.29, 0.717) is 5.75 Å². The summed E-state index contributed by atoms with van der Waals surface area (Å²) in [6, 6.07) is 12.0. The Balaban J connectivity index is 1.36. The quantitative estimate of drug-likeness (QED) is 0.770. The van der Waals surface area contributed by atoms with Crippen LogP contribution in [0.15, 0.2) is 47.5 Å². The molecule has 158 valence electrons. The molecule has 2 aliphatic heterocycles. The molecule has 2 aliphatic rings. The molecule has 2 aromatic rings. The first kappa shape index (κ1) is 20.2. The van der Waals surface area contributed by atoms with Gasteiger partial charge in [-0.2, -0.15) is 0 Å². The van der Waals surface area contributed by atoms with Crippen LogP contribution < -0.4 is 10.1 Å². The van der Waals surface area contributed by atoms with Crippen LogP contribution in [0.2, 0.25) is 0 Å². The number of carboxylic acid groups (broad SMARTS) is 1. The van der Waals surface area contributed by atoms with Gasteiger partial charge in [-0.15, -0.1) is 0 Å². The predicted octanol–water partition coefficient (Wildman–Crippen LogP) is 4.23. The van der Waals surface area contributed by atoms with Crippen molar-refractivity contribution in [3.63, 3.8) is 0 Å². The lowest BCUT2D eigenvalue weighted by atomic mass is 10.0. The van der Waals surface area contributed by atoms with E-state index in [9.17, 15) is 14.3 Å². The van der Waals surface area contributed by atoms with Gasteiger partial charge < -0.3 is 20.1 Å². The van der Waals surface area contributed by atoms with Gasteiger partial charge in [-0.25, -0.2) is 14.2 Å². The summed E-state index contributed by atoms with van der Waals surface area (Å²) >= 11 is 0. The summed E-state index contributed by atoms with van der Waals surface area (Å²) < 4.78 is 19.0. The zero-order valence-electron chi connectivity index (χ0n) is 17.2. The van der Waals surface area contributed by atoms with Crippen LogP contribution in [0.4, 0.5) is 15.8 Å². The predicted molar refractivity (Wildman–Crippen MR) is 114 cm³/mol. The monoisotopic (exact) mass is 411 g/mol. The van der Waals surface area contributed by atoms with Crippen LogP contribution in [0, 0.1) is 5.82 Å². The number of carboxylic acids is 1. The summed E-state index contributed by atoms with van der Waals surface area (Å²) in [5.41, 5.74) is 1.73. The number of benzene rings is 2. The maximum atomic E-state index is 13.0. The highest BCUT2D eigenvalue weighted by atomic mass is 19.1. The summed E-state index contributed by atoms with van der Waals surface area (Å²) in [4.78, 5) is 18.4. The van der Waals surface area contributed by atoms with Crippen molar-refractivity contribution in [1.29, 1.82) is 0 Å². The van der Waals surface area contributed by atoms with E-state index < -0.39 is 11.5 Å². The highest BCUT2D eigenvalue weighted by molar-refractivity contribution is 5.93. The molecule has 7 heteroatoms. The number of anilines is 1. The number of fused-ring (bicyclic) bond motifs is 1. The fraction of sp³-hybridized carbons (Fsp3) is 0.391. The number of halogens is 1. The molecule has 6 nitrogen and oxygen atoms in total. The number of aliphatic imine (C=N–C) groups is 1. The molecular formula is C23H26FN3O3. The van der Waals surface area contributed by atoms with Crippen molar-refractivity contribution >= 4 is 23.2 Å². The van der Waals surface area contributed by atoms with Crippen molar-refractivity contribution in [2.24, 2.45) is 4.99 Å². The van der Waals surface area contributed by atoms with E-state index in [2.05, 4.69) is 10.2 Å². The minimum absolute atomic E-state index is 0.116. The van der Waals surface area contributed by atoms with Crippen molar-refractivity contribution in [3.8, 4) is 5.75 Å². The van der Waals surface area contributed by atoms with Crippen molar-refractivity contribution in [1.82, 2.24) is 4.90 Å². The largest absolute Gasteiger partial charge is 0.490 e. The van der Waals surface area contributed by atoms with Crippen LogP contribution in [-0.4, -0.2) is 46.5 Å². The molecule has 2 N–H and O–H groups in total. The van der Waals surface area contributed by atoms with E-state index >= 15 is 0 Å². The summed E-state index contributed by atoms with van der Waals surface area (Å²) in [6.07, 6.45) is 2.66. The standard InChI is InChI=1S/C23H26FN3O3/c1-23(2,22(28)29)26-17-6-3-15-13-21(25-20(15)14-17)27-11-9-19(10-12-27)30-18-7-4-16(24)5-8-18/h3-8,14,19,26H,9-13H2,1-2H3,(H,28,29). The van der Waals surface area contributed by atoms with Gasteiger partial charge in [-0.3, -0.25) is 0 Å². The summed E-state index contributed by atoms with van der Waals surface area (Å²) in [6.45, 7) is 4.98. The Morgan fingerprint density at radius 2 is 1.90 bits per heavy atom. The molecule has 4 rings (SSSR count). The fourth-order valence-corrected chi connectivity index (χ4v) is 3.78. The number of nitrogens with one attached hydrogen (secondary N) is 1. The fourth-order valence-electron chi connectivity index (χ4n) is 3.78. The number of hydrogen-bond acceptors (Lipinski definition) is 5. The third-order valence-electron chi connectivity index (χ3n) is 5.60. The SMILES string of the molecule is CC(C)(Nc1ccc2c(c1)N=C(N1CCC(Oc3ccc(F)cc3)CC1)C2)C(=O)O. The molecule has 0 unspecified atom stereocenters. The highest BCUT2D eigenvalue weighted by Crippen LogP contribution is 2.32. The van der Waals surface area contributed by atoms with E-state index in [1.165, 1.54) is 12.1 Å². The first-order chi connectivity index (χ1) is 14.3. The molecule has 1 saturated heterocycles. The van der Waals surface area contributed by atoms with E-state index in [1.807, 2.05) is 18.2 Å². The zero-order valence-corrected chi connectivity index (χ0v) is 17.2. The Kier molecular flexibility index (Phi) is 5.37. The lowest BCUT2D eigenvalue weighted by Crippen LogP contribution is -2.41. The molecule has 0 radical (unpaired) electrons. The molecule has 30 heavy (non-hydrogen) atoms. The molecule has 0 atom stereocenters. The average molecular weight is 411 g/mol. The molecule has 2 aromatic carbocycles. The lowest BCUT2D eigenvalue weighted by molar-refractivity contribution is -0.141. The smallest absolute Gasteiger partial charge is 0.328 e. The van der Waals surface area contributed by atoms with Crippen molar-refractivity contribution in [2.75, 3.05) is 18.4 Å². The van der Waals surface area contributed by atoms with Gasteiger partial charge in [0.1, 0.15) is 29.0 Å². The number of likely N-dealkylation sites (tertiary alicyclic amines) is 1. The Hall–Kier alpha value is -3.09. The molecule has 0 spiro atoms. The first-order valence-electron chi connectivity index (χ1n) is 10.2. The molecular weight excluding hydrogens is 385 g/mol. The summed E-state index contributed by atoms with van der Waals surface area (Å²) in [5.74, 6) is 0.573. The van der Waals surface area contributed by atoms with E-state index in [-0.39, 0.29) is 11.9 Å². The molecule has 0 saturated carbocycles. The van der Waals surface area contributed by atoms with Gasteiger partial charge in [0.2, 0.25) is 0 Å². The van der Waals surface area contributed by atoms with E-state index in [4.69, 9.17) is 9.73 Å². The number of aliphatic carboxylic acids is 1. The molecule has 2 heterocycles. The number of carbonyl (C=O) groups is 1. The van der Waals surface area contributed by atoms with Gasteiger partial charge in [0.05, 0.1) is 5.69 Å². The van der Waals surface area contributed by atoms with Crippen LogP contribution >= 0.6 is 0 Å². The second-order valence-electron chi connectivity index (χ2n) is 8.36. The molecule has 0 bridgehead atoms. The van der Waals surface area contributed by atoms with Crippen LogP contribution in [0.1, 0.15) is 32.3 Å². The Morgan fingerprint density at radius 3 is 2.57 bits per heavy atom. The number of piperidine rings is 1. The second-order valence-corrected chi connectivity index (χ2v) is 8.36. The van der Waals surface area contributed by atoms with Crippen LogP contribution in [0.25, 0.3) is 0 Å². The van der Waals surface area contributed by atoms with Gasteiger partial charge in [-0.1, -0.05) is 6.07 Å². The zero-order chi connectivity index (χ0) is 21.3. The van der Waals surface area contributed by atoms with E-state index in [1.54, 1.807) is 26.0 Å². The van der Waals surface area contributed by atoms with Crippen molar-refractivity contribution in [2.45, 2.75) is 44.8 Å². The van der Waals surface area contributed by atoms with Crippen molar-refractivity contribution < 1.29 is 19.0 Å². The third kappa shape index (κ3) is 4.40. The minimum atomic E-state index is -1.05. The highest BCUT2D eigenvalue weighted by Gasteiger charge is 2.28. The van der Waals surface area contributed by atoms with Gasteiger partial charge >= 0.3 is 5.97 Å². The first-order valence-corrected chi connectivity index (χ1v) is 10.2. The third-order valence-corrected chi connectivity index (χ3v) is 5.60. The summed E-state index contributed by atoms with van der Waals surface area (Å²) in [7, 11) is 0. The second kappa shape index (κ2) is 7.97. The molecule has 1 fully saturated rings. The van der Waals surface area contributed by atoms with Crippen molar-refractivity contribution in [3.05, 3.63) is 53.8 Å². The normalized spacial score (nSPS) is 16.8. The number of ether oxygens (including phenoxy) is 1. The van der Waals surface area contributed by atoms with Gasteiger partial charge in [0.25, 0.3) is 0 Å². The Bertz CT molecular complexity index is 964. The van der Waals surface area contributed by atoms with Crippen LogP contribution in [-0.2, 0) is 11.2 Å². The maximum Gasteiger partial charge on any atom is 0.328 e. The van der Waals surface area contributed by atoms with Gasteiger partial charge in [0.15, 0.2) is 0 Å². The molecule has 0 aromatic heterocycles. The van der Waals surface area contributed by atoms with Crippen LogP contribution in [0.5, 0.6) is 5.75 Å². The number of rotatable bonds is 5.